The highest BCUT2D eigenvalue weighted by Crippen LogP contribution is 2.15. The van der Waals surface area contributed by atoms with Gasteiger partial charge in [0.25, 0.3) is 0 Å². The maximum Gasteiger partial charge on any atom is 0.223 e. The van der Waals surface area contributed by atoms with Crippen molar-refractivity contribution in [2.75, 3.05) is 27.2 Å². The molecule has 1 aromatic rings. The van der Waals surface area contributed by atoms with Gasteiger partial charge in [0.15, 0.2) is 0 Å². The number of H-pyrrole nitrogens is 1. The monoisotopic (exact) mass is 250 g/mol. The lowest BCUT2D eigenvalue weighted by Crippen LogP contribution is -2.47. The normalized spacial score (nSPS) is 20.4. The molecule has 1 saturated heterocycles. The Hall–Kier alpha value is -1.36. The molecule has 0 aliphatic carbocycles. The molecule has 100 valence electrons. The number of aryl methyl sites for hydroxylation is 1. The zero-order chi connectivity index (χ0) is 13.0. The number of rotatable bonds is 4. The van der Waals surface area contributed by atoms with Gasteiger partial charge < -0.3 is 14.8 Å². The molecule has 1 aliphatic rings. The summed E-state index contributed by atoms with van der Waals surface area (Å²) in [6, 6.07) is 0.506. The molecule has 1 fully saturated rings. The van der Waals surface area contributed by atoms with Gasteiger partial charge in [-0.1, -0.05) is 0 Å². The number of likely N-dealkylation sites (N-methyl/N-ethyl adjacent to an activating group) is 1. The number of carbonyl (C=O) groups excluding carboxylic acids is 1. The van der Waals surface area contributed by atoms with Gasteiger partial charge in [0.2, 0.25) is 5.91 Å². The minimum absolute atomic E-state index is 0.248. The molecule has 1 N–H and O–H groups in total. The molecule has 18 heavy (non-hydrogen) atoms. The van der Waals surface area contributed by atoms with E-state index in [0.717, 1.165) is 25.3 Å². The highest BCUT2D eigenvalue weighted by molar-refractivity contribution is 5.76. The third kappa shape index (κ3) is 3.32. The van der Waals surface area contributed by atoms with Crippen molar-refractivity contribution in [1.29, 1.82) is 0 Å². The molecule has 0 unspecified atom stereocenters. The summed E-state index contributed by atoms with van der Waals surface area (Å²) in [5, 5.41) is 0. The summed E-state index contributed by atoms with van der Waals surface area (Å²) in [5.74, 6) is 1.14. The van der Waals surface area contributed by atoms with Crippen LogP contribution < -0.4 is 0 Å². The summed E-state index contributed by atoms with van der Waals surface area (Å²) in [5.41, 5.74) is 0. The Balaban J connectivity index is 1.81. The molecule has 1 atom stereocenters. The minimum atomic E-state index is 0.248. The highest BCUT2D eigenvalue weighted by Gasteiger charge is 2.24. The van der Waals surface area contributed by atoms with Crippen molar-refractivity contribution in [2.45, 2.75) is 31.7 Å². The molecule has 1 aromatic heterocycles. The second-order valence-corrected chi connectivity index (χ2v) is 5.14. The Morgan fingerprint density at radius 3 is 3.11 bits per heavy atom. The summed E-state index contributed by atoms with van der Waals surface area (Å²) >= 11 is 0. The largest absolute Gasteiger partial charge is 0.349 e. The first kappa shape index (κ1) is 13.1. The lowest BCUT2D eigenvalue weighted by atomic mass is 10.0. The Labute approximate surface area is 108 Å². The zero-order valence-electron chi connectivity index (χ0n) is 11.2. The fourth-order valence-electron chi connectivity index (χ4n) is 2.42. The third-order valence-corrected chi connectivity index (χ3v) is 3.61. The van der Waals surface area contributed by atoms with Crippen LogP contribution in [0.3, 0.4) is 0 Å². The van der Waals surface area contributed by atoms with Gasteiger partial charge in [-0.25, -0.2) is 4.98 Å². The predicted molar refractivity (Wildman–Crippen MR) is 70.2 cm³/mol. The zero-order valence-corrected chi connectivity index (χ0v) is 11.2. The number of likely N-dealkylation sites (tertiary alicyclic amines) is 1. The number of aromatic nitrogens is 2. The van der Waals surface area contributed by atoms with Crippen molar-refractivity contribution < 1.29 is 4.79 Å². The van der Waals surface area contributed by atoms with Gasteiger partial charge in [0.05, 0.1) is 0 Å². The van der Waals surface area contributed by atoms with E-state index in [9.17, 15) is 4.79 Å². The van der Waals surface area contributed by atoms with Gasteiger partial charge in [-0.2, -0.15) is 0 Å². The minimum Gasteiger partial charge on any atom is -0.349 e. The van der Waals surface area contributed by atoms with Crippen LogP contribution in [0.1, 0.15) is 25.1 Å². The quantitative estimate of drug-likeness (QED) is 0.863. The Morgan fingerprint density at radius 2 is 2.44 bits per heavy atom. The van der Waals surface area contributed by atoms with Crippen LogP contribution in [0.5, 0.6) is 0 Å². The van der Waals surface area contributed by atoms with Crippen LogP contribution in [-0.2, 0) is 11.2 Å². The standard InChI is InChI=1S/C13H22N4O/c1-16(2)11-4-3-9-17(10-11)13(18)6-5-12-14-7-8-15-12/h7-8,11H,3-6,9-10H2,1-2H3,(H,14,15)/t11-/m0/s1. The molecule has 1 aliphatic heterocycles. The van der Waals surface area contributed by atoms with Crippen LogP contribution in [0.25, 0.3) is 0 Å². The van der Waals surface area contributed by atoms with Crippen molar-refractivity contribution in [1.82, 2.24) is 19.8 Å². The molecule has 0 aromatic carbocycles. The number of hydrogen-bond donors (Lipinski definition) is 1. The maximum atomic E-state index is 12.1. The third-order valence-electron chi connectivity index (χ3n) is 3.61. The number of imidazole rings is 1. The van der Waals surface area contributed by atoms with E-state index in [0.29, 0.717) is 18.9 Å². The first-order valence-electron chi connectivity index (χ1n) is 6.59. The van der Waals surface area contributed by atoms with E-state index in [2.05, 4.69) is 29.0 Å². The van der Waals surface area contributed by atoms with Gasteiger partial charge in [-0.15, -0.1) is 0 Å². The molecule has 2 rings (SSSR count). The first-order chi connectivity index (χ1) is 8.66. The number of amides is 1. The van der Waals surface area contributed by atoms with E-state index in [-0.39, 0.29) is 5.91 Å². The Morgan fingerprint density at radius 1 is 1.61 bits per heavy atom. The lowest BCUT2D eigenvalue weighted by molar-refractivity contribution is -0.133. The predicted octanol–water partition coefficient (Wildman–Crippen LogP) is 0.895. The van der Waals surface area contributed by atoms with Crippen LogP contribution in [0.4, 0.5) is 0 Å². The molecule has 5 heteroatoms. The van der Waals surface area contributed by atoms with E-state index in [1.54, 1.807) is 12.4 Å². The summed E-state index contributed by atoms with van der Waals surface area (Å²) in [6.45, 7) is 1.77. The average Bonchev–Trinajstić information content (AvgIpc) is 2.89. The van der Waals surface area contributed by atoms with Gasteiger partial charge in [-0.3, -0.25) is 4.79 Å². The molecule has 0 radical (unpaired) electrons. The second kappa shape index (κ2) is 6.00. The summed E-state index contributed by atoms with van der Waals surface area (Å²) < 4.78 is 0. The van der Waals surface area contributed by atoms with Crippen LogP contribution in [-0.4, -0.2) is 58.9 Å². The first-order valence-corrected chi connectivity index (χ1v) is 6.59. The van der Waals surface area contributed by atoms with Gasteiger partial charge >= 0.3 is 0 Å². The van der Waals surface area contributed by atoms with Crippen molar-refractivity contribution in [3.05, 3.63) is 18.2 Å². The summed E-state index contributed by atoms with van der Waals surface area (Å²) in [4.78, 5) is 23.5. The van der Waals surface area contributed by atoms with Crippen LogP contribution in [0.15, 0.2) is 12.4 Å². The molecule has 2 heterocycles. The van der Waals surface area contributed by atoms with Crippen molar-refractivity contribution >= 4 is 5.91 Å². The van der Waals surface area contributed by atoms with Crippen molar-refractivity contribution in [3.63, 3.8) is 0 Å². The van der Waals surface area contributed by atoms with Crippen LogP contribution >= 0.6 is 0 Å². The van der Waals surface area contributed by atoms with E-state index in [1.807, 2.05) is 4.90 Å². The Kier molecular flexibility index (Phi) is 4.36. The molecular weight excluding hydrogens is 228 g/mol. The van der Waals surface area contributed by atoms with E-state index < -0.39 is 0 Å². The molecule has 0 spiro atoms. The number of aromatic amines is 1. The number of piperidine rings is 1. The topological polar surface area (TPSA) is 52.2 Å². The van der Waals surface area contributed by atoms with E-state index >= 15 is 0 Å². The van der Waals surface area contributed by atoms with Crippen LogP contribution in [0, 0.1) is 0 Å². The van der Waals surface area contributed by atoms with Gasteiger partial charge in [0.1, 0.15) is 5.82 Å². The fourth-order valence-corrected chi connectivity index (χ4v) is 2.42. The lowest BCUT2D eigenvalue weighted by Gasteiger charge is -2.36. The molecular formula is C13H22N4O. The van der Waals surface area contributed by atoms with E-state index in [1.165, 1.54) is 6.42 Å². The van der Waals surface area contributed by atoms with Gasteiger partial charge in [-0.05, 0) is 26.9 Å². The van der Waals surface area contributed by atoms with Gasteiger partial charge in [0, 0.05) is 44.4 Å². The number of nitrogens with one attached hydrogen (secondary N) is 1. The number of nitrogens with zero attached hydrogens (tertiary/aromatic N) is 3. The van der Waals surface area contributed by atoms with Crippen molar-refractivity contribution in [3.8, 4) is 0 Å². The van der Waals surface area contributed by atoms with Crippen LogP contribution in [0.2, 0.25) is 0 Å². The second-order valence-electron chi connectivity index (χ2n) is 5.14. The maximum absolute atomic E-state index is 12.1. The summed E-state index contributed by atoms with van der Waals surface area (Å²) in [6.07, 6.45) is 7.07. The van der Waals surface area contributed by atoms with E-state index in [4.69, 9.17) is 0 Å². The molecule has 5 nitrogen and oxygen atoms in total. The molecule has 1 amide bonds. The molecule has 0 bridgehead atoms. The number of carbonyl (C=O) groups is 1. The van der Waals surface area contributed by atoms with Crippen molar-refractivity contribution in [2.24, 2.45) is 0 Å². The highest BCUT2D eigenvalue weighted by atomic mass is 16.2. The number of hydrogen-bond acceptors (Lipinski definition) is 3. The average molecular weight is 250 g/mol. The smallest absolute Gasteiger partial charge is 0.223 e. The SMILES string of the molecule is CN(C)[C@H]1CCCN(C(=O)CCc2ncc[nH]2)C1. The molecule has 0 saturated carbocycles. The Bertz CT molecular complexity index is 374. The summed E-state index contributed by atoms with van der Waals surface area (Å²) in [7, 11) is 4.17. The fraction of sp³-hybridized carbons (Fsp3) is 0.692.